The average molecular weight is 2560 g/mol. The van der Waals surface area contributed by atoms with Crippen molar-refractivity contribution in [3.63, 3.8) is 0 Å². The summed E-state index contributed by atoms with van der Waals surface area (Å²) >= 11 is 0. The van der Waals surface area contributed by atoms with Gasteiger partial charge in [-0.25, -0.2) is 0 Å². The van der Waals surface area contributed by atoms with Crippen molar-refractivity contribution in [1.82, 2.24) is 29.9 Å². The summed E-state index contributed by atoms with van der Waals surface area (Å²) in [6.45, 7) is 6.54. The Morgan fingerprint density at radius 2 is 0.761 bits per heavy atom. The molecule has 6 aromatic heterocycles. The third-order valence-corrected chi connectivity index (χ3v) is 17.3. The molecule has 6 radical (unpaired) electrons. The number of unbranched alkanes of at least 4 members (excludes halogenated alkanes) is 2. The van der Waals surface area contributed by atoms with Crippen LogP contribution in [0, 0.1) is 55.0 Å². The smallest absolute Gasteiger partial charge is 0.305 e. The van der Waals surface area contributed by atoms with Crippen LogP contribution in [-0.4, -0.2) is 29.9 Å². The van der Waals surface area contributed by atoms with E-state index in [1.54, 1.807) is 55.1 Å². The van der Waals surface area contributed by atoms with Gasteiger partial charge in [-0.15, -0.1) is 172 Å². The number of aromatic nitrogens is 6. The Morgan fingerprint density at radius 3 is 1.23 bits per heavy atom. The third-order valence-electron chi connectivity index (χ3n) is 17.3. The van der Waals surface area contributed by atoms with Crippen molar-refractivity contribution in [1.29, 1.82) is 0 Å². The Kier molecular flexibility index (Phi) is 41.7. The van der Waals surface area contributed by atoms with E-state index in [9.17, 15) is 22.0 Å². The van der Waals surface area contributed by atoms with Gasteiger partial charge < -0.3 is 29.9 Å². The van der Waals surface area contributed by atoms with Gasteiger partial charge in [-0.2, -0.15) is 13.2 Å². The summed E-state index contributed by atoms with van der Waals surface area (Å²) in [7, 11) is 0. The Hall–Kier alpha value is -8.83. The molecule has 17 heteroatoms. The number of aryl methyl sites for hydroxylation is 2. The quantitative estimate of drug-likeness (QED) is 0.0797. The van der Waals surface area contributed by atoms with E-state index in [0.29, 0.717) is 22.5 Å². The summed E-state index contributed by atoms with van der Waals surface area (Å²) in [6, 6.07) is 110. The predicted octanol–water partition coefficient (Wildman–Crippen LogP) is 25.2. The Balaban J connectivity index is 0.000000241. The van der Waals surface area contributed by atoms with Gasteiger partial charge in [0.1, 0.15) is 0 Å². The van der Waals surface area contributed by atoms with Crippen molar-refractivity contribution >= 4 is 21.5 Å². The van der Waals surface area contributed by atoms with Crippen LogP contribution in [0.4, 0.5) is 22.0 Å². The van der Waals surface area contributed by atoms with Crippen molar-refractivity contribution in [2.24, 2.45) is 0 Å². The number of nitrogens with zero attached hydrogens (tertiary/aromatic N) is 6. The molecule has 0 atom stereocenters. The fourth-order valence-corrected chi connectivity index (χ4v) is 11.7. The molecule has 0 fully saturated rings. The first-order valence-electron chi connectivity index (χ1n) is 35.4. The van der Waals surface area contributed by atoms with Crippen LogP contribution < -0.4 is 0 Å². The molecule has 6 nitrogen and oxygen atoms in total. The van der Waals surface area contributed by atoms with Crippen molar-refractivity contribution < 1.29 is 143 Å². The van der Waals surface area contributed by atoms with Crippen LogP contribution in [0.3, 0.4) is 0 Å². The number of hydrogen-bond donors (Lipinski definition) is 0. The summed E-state index contributed by atoms with van der Waals surface area (Å²) in [5, 5.41) is 4.46. The van der Waals surface area contributed by atoms with Crippen LogP contribution in [0.1, 0.15) is 61.8 Å². The molecule has 16 rings (SSSR count). The molecule has 0 spiro atoms. The molecule has 0 unspecified atom stereocenters. The van der Waals surface area contributed by atoms with Gasteiger partial charge in [-0.1, -0.05) is 238 Å². The number of rotatable bonds is 14. The van der Waals surface area contributed by atoms with E-state index in [0.717, 1.165) is 105 Å². The topological polar surface area (TPSA) is 77.3 Å². The summed E-state index contributed by atoms with van der Waals surface area (Å²) in [4.78, 5) is 25.9. The second-order valence-corrected chi connectivity index (χ2v) is 24.6. The first-order chi connectivity index (χ1) is 52.4. The second kappa shape index (κ2) is 49.7. The van der Waals surface area contributed by atoms with Crippen LogP contribution >= 0.6 is 0 Å². The van der Waals surface area contributed by atoms with Gasteiger partial charge in [0.25, 0.3) is 0 Å². The Morgan fingerprint density at radius 1 is 0.327 bits per heavy atom. The van der Waals surface area contributed by atoms with E-state index in [1.807, 2.05) is 164 Å². The molecule has 0 aliphatic rings. The molecule has 0 bridgehead atoms. The zero-order valence-electron chi connectivity index (χ0n) is 61.5. The van der Waals surface area contributed by atoms with E-state index in [1.165, 1.54) is 69.6 Å². The predicted molar refractivity (Wildman–Crippen MR) is 424 cm³/mol. The SMILES string of the molecule is CCCCc1cc[c-]c(-c2nccc3ccccc23)c1C.CCCCc1cc[c-]c(-c2nccc3ccccc23)c1F.FC(F)(F)c1c[c-]c(-c2ccccn2)cc1.Fc1c[c-]c(-c2ccccn2)cc1.[Ir].[Ir].[Ir].[Ir].[Ir].[Ir].[c-]1cc(-c2ccccc2)ccc1-c1ccccn1.[c-]1cccc(-c2ccccc2)c1-c1ccccn1. The molecule has 0 aliphatic carbocycles. The van der Waals surface area contributed by atoms with Gasteiger partial charge in [0.2, 0.25) is 0 Å². The molecular weight excluding hydrogens is 2490 g/mol. The van der Waals surface area contributed by atoms with E-state index in [-0.39, 0.29) is 132 Å². The van der Waals surface area contributed by atoms with Crippen LogP contribution in [-0.2, 0) is 140 Å². The fourth-order valence-electron chi connectivity index (χ4n) is 11.7. The van der Waals surface area contributed by atoms with E-state index in [4.69, 9.17) is 0 Å². The first-order valence-corrected chi connectivity index (χ1v) is 35.4. The number of hydrogen-bond acceptors (Lipinski definition) is 6. The van der Waals surface area contributed by atoms with Crippen LogP contribution in [0.5, 0.6) is 0 Å². The fraction of sp³-hybridized carbons (Fsp3) is 0.104. The number of benzene rings is 10. The molecule has 0 N–H and O–H groups in total. The third kappa shape index (κ3) is 27.4. The summed E-state index contributed by atoms with van der Waals surface area (Å²) in [5.74, 6) is -0.463. The zero-order chi connectivity index (χ0) is 74.4. The summed E-state index contributed by atoms with van der Waals surface area (Å²) in [5.41, 5.74) is 17.6. The summed E-state index contributed by atoms with van der Waals surface area (Å²) < 4.78 is 64.1. The summed E-state index contributed by atoms with van der Waals surface area (Å²) in [6.07, 6.45) is 12.6. The van der Waals surface area contributed by atoms with E-state index >= 15 is 0 Å². The molecule has 16 aromatic rings. The van der Waals surface area contributed by atoms with Gasteiger partial charge >= 0.3 is 6.18 Å². The monoisotopic (exact) mass is 2560 g/mol. The maximum Gasteiger partial charge on any atom is 0.381 e. The minimum absolute atomic E-state index is 0. The van der Waals surface area contributed by atoms with Crippen molar-refractivity contribution in [2.75, 3.05) is 0 Å². The second-order valence-electron chi connectivity index (χ2n) is 24.6. The van der Waals surface area contributed by atoms with Gasteiger partial charge in [0.05, 0.1) is 0 Å². The Bertz CT molecular complexity index is 5120. The molecular formula is C96H75F5Ir6N6-6. The average Bonchev–Trinajstić information content (AvgIpc) is 0.796. The minimum Gasteiger partial charge on any atom is -0.305 e. The zero-order valence-corrected chi connectivity index (χ0v) is 75.9. The molecule has 0 aliphatic heterocycles. The molecule has 113 heavy (non-hydrogen) atoms. The maximum atomic E-state index is 14.7. The first kappa shape index (κ1) is 94.8. The molecule has 10 aromatic carbocycles. The number of pyridine rings is 6. The molecule has 584 valence electrons. The van der Waals surface area contributed by atoms with E-state index in [2.05, 4.69) is 166 Å². The molecule has 0 saturated heterocycles. The maximum absolute atomic E-state index is 14.7. The Labute approximate surface area is 740 Å². The van der Waals surface area contributed by atoms with Gasteiger partial charge in [0, 0.05) is 169 Å². The minimum atomic E-state index is -4.32. The number of halogens is 5. The van der Waals surface area contributed by atoms with Crippen molar-refractivity contribution in [2.45, 2.75) is 65.5 Å². The van der Waals surface area contributed by atoms with Crippen molar-refractivity contribution in [3.05, 3.63) is 399 Å². The van der Waals surface area contributed by atoms with Gasteiger partial charge in [0.15, 0.2) is 0 Å². The van der Waals surface area contributed by atoms with Crippen LogP contribution in [0.2, 0.25) is 0 Å². The van der Waals surface area contributed by atoms with Crippen molar-refractivity contribution in [3.8, 4) is 89.8 Å². The standard InChI is InChI=1S/C20H20N.C19H17FN.2C17H12N.C12H7F3N.C11H7FN.6Ir/c1-3-4-8-16-10-7-12-18(15(16)2)20-19-11-6-5-9-17(19)13-14-21-20;1-2-3-7-15-9-6-11-17(18(15)20)19-16-10-5-4-8-14(16)12-13-21-19;1-2-8-14(9-3-1)15-10-4-5-11-16(15)17-12-6-7-13-18-17;1-2-6-14(7-3-1)15-9-11-16(12-10-15)17-8-4-5-13-18-17;13-12(14,15)10-6-4-9(5-7-10)11-3-1-2-8-16-11;12-10-6-4-9(5-7-10)11-3-1-2-8-13-11;;;;;;/h5-7,9-11,13-14H,3-4,8H2,1-2H3;4-6,8-10,12-13H,2-3,7H2,1H3;1-10,12-13H;1-11,13H;1-4,6-8H;1-4,6-8H;;;;;;/q6*-1;;;;;;. The molecule has 0 saturated carbocycles. The normalized spacial score (nSPS) is 10.1. The number of fused-ring (bicyclic) bond motifs is 2. The molecule has 6 heterocycles. The largest absolute Gasteiger partial charge is 0.381 e. The molecule has 0 amide bonds. The van der Waals surface area contributed by atoms with Crippen LogP contribution in [0.25, 0.3) is 111 Å². The van der Waals surface area contributed by atoms with Gasteiger partial charge in [-0.3, -0.25) is 8.78 Å². The van der Waals surface area contributed by atoms with Crippen LogP contribution in [0.15, 0.2) is 328 Å². The number of alkyl halides is 3. The van der Waals surface area contributed by atoms with E-state index < -0.39 is 11.7 Å². The van der Waals surface area contributed by atoms with Gasteiger partial charge in [-0.05, 0) is 111 Å².